The lowest BCUT2D eigenvalue weighted by Crippen LogP contribution is -2.12. The van der Waals surface area contributed by atoms with Gasteiger partial charge in [-0.1, -0.05) is 38.7 Å². The molecule has 118 valence electrons. The Bertz CT molecular complexity index is 546. The lowest BCUT2D eigenvalue weighted by atomic mass is 9.94. The van der Waals surface area contributed by atoms with Crippen LogP contribution in [0.2, 0.25) is 0 Å². The van der Waals surface area contributed by atoms with Gasteiger partial charge in [0.25, 0.3) is 0 Å². The first-order chi connectivity index (χ1) is 10.7. The maximum atomic E-state index is 12.2. The summed E-state index contributed by atoms with van der Waals surface area (Å²) in [4.78, 5) is 16.4. The topological polar surface area (TPSA) is 42.6 Å². The summed E-state index contributed by atoms with van der Waals surface area (Å²) >= 11 is 0. The molecular formula is C19H25NO2. The van der Waals surface area contributed by atoms with E-state index in [-0.39, 0.29) is 5.92 Å². The zero-order chi connectivity index (χ0) is 15.8. The highest BCUT2D eigenvalue weighted by Gasteiger charge is 2.20. The molecule has 0 unspecified atom stereocenters. The first-order valence-corrected chi connectivity index (χ1v) is 8.08. The standard InChI is InChI=1S/C19H25NO2/c1-15(19(21)14-16-6-3-4-7-16)9-10-17(20-2)11-12-18-8-5-13-22-18/h5,8-13,15-16H,3-4,6-7,14H2,1-2H3/b10-9-,12-11+,20-17?/t15-/m1/s1. The molecule has 1 aromatic heterocycles. The van der Waals surface area contributed by atoms with Gasteiger partial charge < -0.3 is 4.42 Å². The fraction of sp³-hybridized carbons (Fsp3) is 0.474. The molecule has 3 nitrogen and oxygen atoms in total. The first-order valence-electron chi connectivity index (χ1n) is 8.08. The number of aliphatic imine (C=N–C) groups is 1. The summed E-state index contributed by atoms with van der Waals surface area (Å²) in [6.45, 7) is 1.97. The third kappa shape index (κ3) is 5.14. The SMILES string of the molecule is CN=C(/C=C\[C@@H](C)C(=O)CC1CCCC1)/C=C/c1ccco1. The van der Waals surface area contributed by atoms with Crippen LogP contribution in [0.4, 0.5) is 0 Å². The van der Waals surface area contributed by atoms with Crippen molar-refractivity contribution in [2.75, 3.05) is 7.05 Å². The van der Waals surface area contributed by atoms with Crippen molar-refractivity contribution in [1.29, 1.82) is 0 Å². The summed E-state index contributed by atoms with van der Waals surface area (Å²) in [5, 5.41) is 0. The zero-order valence-corrected chi connectivity index (χ0v) is 13.5. The molecule has 0 aliphatic heterocycles. The normalized spacial score (nSPS) is 18.5. The number of carbonyl (C=O) groups excluding carboxylic acids is 1. The van der Waals surface area contributed by atoms with Crippen LogP contribution in [0.25, 0.3) is 6.08 Å². The summed E-state index contributed by atoms with van der Waals surface area (Å²) in [5.41, 5.74) is 0.830. The van der Waals surface area contributed by atoms with Gasteiger partial charge in [0, 0.05) is 19.4 Å². The number of hydrogen-bond acceptors (Lipinski definition) is 3. The first kappa shape index (κ1) is 16.5. The van der Waals surface area contributed by atoms with E-state index in [1.165, 1.54) is 25.7 Å². The van der Waals surface area contributed by atoms with Crippen LogP contribution < -0.4 is 0 Å². The van der Waals surface area contributed by atoms with Gasteiger partial charge >= 0.3 is 0 Å². The molecule has 0 saturated heterocycles. The summed E-state index contributed by atoms with van der Waals surface area (Å²) < 4.78 is 5.25. The van der Waals surface area contributed by atoms with Crippen LogP contribution in [0.15, 0.2) is 46.0 Å². The third-order valence-electron chi connectivity index (χ3n) is 4.25. The molecule has 1 heterocycles. The van der Waals surface area contributed by atoms with Gasteiger partial charge in [0.15, 0.2) is 0 Å². The van der Waals surface area contributed by atoms with Crippen LogP contribution >= 0.6 is 0 Å². The Hall–Kier alpha value is -1.90. The van der Waals surface area contributed by atoms with Crippen LogP contribution in [0.3, 0.4) is 0 Å². The highest BCUT2D eigenvalue weighted by atomic mass is 16.3. The number of furan rings is 1. The summed E-state index contributed by atoms with van der Waals surface area (Å²) in [6.07, 6.45) is 15.0. The number of rotatable bonds is 7. The van der Waals surface area contributed by atoms with E-state index in [9.17, 15) is 4.79 Å². The molecular weight excluding hydrogens is 274 g/mol. The Labute approximate surface area is 132 Å². The van der Waals surface area contributed by atoms with E-state index in [1.807, 2.05) is 43.4 Å². The van der Waals surface area contributed by atoms with E-state index < -0.39 is 0 Å². The summed E-state index contributed by atoms with van der Waals surface area (Å²) in [7, 11) is 1.75. The van der Waals surface area contributed by atoms with Crippen molar-refractivity contribution in [3.63, 3.8) is 0 Å². The van der Waals surface area contributed by atoms with E-state index in [1.54, 1.807) is 13.3 Å². The molecule has 2 rings (SSSR count). The molecule has 0 aromatic carbocycles. The molecule has 0 bridgehead atoms. The molecule has 1 atom stereocenters. The quantitative estimate of drug-likeness (QED) is 0.684. The average molecular weight is 299 g/mol. The van der Waals surface area contributed by atoms with Gasteiger partial charge in [-0.2, -0.15) is 0 Å². The number of carbonyl (C=O) groups is 1. The molecule has 1 fully saturated rings. The number of allylic oxidation sites excluding steroid dienone is 3. The smallest absolute Gasteiger partial charge is 0.139 e. The van der Waals surface area contributed by atoms with Gasteiger partial charge in [0.1, 0.15) is 11.5 Å². The highest BCUT2D eigenvalue weighted by molar-refractivity contribution is 6.06. The number of hydrogen-bond donors (Lipinski definition) is 0. The molecule has 0 N–H and O–H groups in total. The van der Waals surface area contributed by atoms with Gasteiger partial charge in [-0.25, -0.2) is 0 Å². The second kappa shape index (κ2) is 8.52. The Balaban J connectivity index is 1.86. The molecule has 0 spiro atoms. The van der Waals surface area contributed by atoms with Crippen molar-refractivity contribution in [1.82, 2.24) is 0 Å². The largest absolute Gasteiger partial charge is 0.465 e. The summed E-state index contributed by atoms with van der Waals surface area (Å²) in [6, 6.07) is 3.74. The second-order valence-corrected chi connectivity index (χ2v) is 5.97. The fourth-order valence-electron chi connectivity index (χ4n) is 2.79. The lowest BCUT2D eigenvalue weighted by Gasteiger charge is -2.10. The molecule has 1 saturated carbocycles. The molecule has 1 aliphatic carbocycles. The van der Waals surface area contributed by atoms with Gasteiger partial charge in [-0.3, -0.25) is 9.79 Å². The molecule has 0 radical (unpaired) electrons. The predicted molar refractivity (Wildman–Crippen MR) is 91.0 cm³/mol. The summed E-state index contributed by atoms with van der Waals surface area (Å²) in [5.74, 6) is 1.70. The number of Topliss-reactive ketones (excluding diaryl/α,β-unsaturated/α-hetero) is 1. The van der Waals surface area contributed by atoms with E-state index >= 15 is 0 Å². The van der Waals surface area contributed by atoms with Gasteiger partial charge in [-0.05, 0) is 36.3 Å². The maximum absolute atomic E-state index is 12.2. The van der Waals surface area contributed by atoms with E-state index in [4.69, 9.17) is 4.42 Å². The third-order valence-corrected chi connectivity index (χ3v) is 4.25. The van der Waals surface area contributed by atoms with Crippen molar-refractivity contribution < 1.29 is 9.21 Å². The minimum Gasteiger partial charge on any atom is -0.465 e. The predicted octanol–water partition coefficient (Wildman–Crippen LogP) is 4.71. The molecule has 1 aromatic rings. The van der Waals surface area contributed by atoms with Crippen LogP contribution in [0.5, 0.6) is 0 Å². The van der Waals surface area contributed by atoms with Crippen molar-refractivity contribution >= 4 is 17.6 Å². The molecule has 0 amide bonds. The van der Waals surface area contributed by atoms with Gasteiger partial charge in [-0.15, -0.1) is 0 Å². The monoisotopic (exact) mass is 299 g/mol. The van der Waals surface area contributed by atoms with E-state index in [0.29, 0.717) is 11.7 Å². The van der Waals surface area contributed by atoms with Crippen LogP contribution in [-0.2, 0) is 4.79 Å². The van der Waals surface area contributed by atoms with Crippen LogP contribution in [-0.4, -0.2) is 18.5 Å². The molecule has 1 aliphatic rings. The Morgan fingerprint density at radius 3 is 2.82 bits per heavy atom. The minimum absolute atomic E-state index is 0.0469. The number of ketones is 1. The van der Waals surface area contributed by atoms with Crippen LogP contribution in [0, 0.1) is 11.8 Å². The molecule has 3 heteroatoms. The van der Waals surface area contributed by atoms with Gasteiger partial charge in [0.2, 0.25) is 0 Å². The highest BCUT2D eigenvalue weighted by Crippen LogP contribution is 2.28. The van der Waals surface area contributed by atoms with Crippen molar-refractivity contribution in [2.45, 2.75) is 39.0 Å². The van der Waals surface area contributed by atoms with Crippen molar-refractivity contribution in [3.05, 3.63) is 42.4 Å². The van der Waals surface area contributed by atoms with Crippen molar-refractivity contribution in [2.24, 2.45) is 16.8 Å². The Morgan fingerprint density at radius 2 is 2.18 bits per heavy atom. The van der Waals surface area contributed by atoms with Gasteiger partial charge in [0.05, 0.1) is 12.0 Å². The second-order valence-electron chi connectivity index (χ2n) is 5.97. The lowest BCUT2D eigenvalue weighted by molar-refractivity contribution is -0.121. The minimum atomic E-state index is -0.0469. The van der Waals surface area contributed by atoms with Crippen molar-refractivity contribution in [3.8, 4) is 0 Å². The maximum Gasteiger partial charge on any atom is 0.139 e. The fourth-order valence-corrected chi connectivity index (χ4v) is 2.79. The van der Waals surface area contributed by atoms with E-state index in [0.717, 1.165) is 17.9 Å². The number of nitrogens with zero attached hydrogens (tertiary/aromatic N) is 1. The average Bonchev–Trinajstić information content (AvgIpc) is 3.20. The molecule has 22 heavy (non-hydrogen) atoms. The Morgan fingerprint density at radius 1 is 1.41 bits per heavy atom. The Kier molecular flexibility index (Phi) is 6.38. The van der Waals surface area contributed by atoms with Crippen LogP contribution in [0.1, 0.15) is 44.8 Å². The zero-order valence-electron chi connectivity index (χ0n) is 13.5. The van der Waals surface area contributed by atoms with E-state index in [2.05, 4.69) is 4.99 Å².